The number of benzene rings is 10. The predicted molar refractivity (Wildman–Crippen MR) is 268 cm³/mol. The zero-order chi connectivity index (χ0) is 42.4. The highest BCUT2D eigenvalue weighted by Crippen LogP contribution is 2.40. The molecule has 12 rings (SSSR count). The maximum Gasteiger partial charge on any atom is 0.142 e. The van der Waals surface area contributed by atoms with Crippen molar-refractivity contribution in [1.82, 2.24) is 9.13 Å². The third kappa shape index (κ3) is 6.44. The molecule has 0 aliphatic carbocycles. The van der Waals surface area contributed by atoms with Crippen LogP contribution in [0.15, 0.2) is 255 Å². The predicted octanol–water partition coefficient (Wildman–Crippen LogP) is 15.2. The Labute approximate surface area is 372 Å². The molecule has 1 N–H and O–H groups in total. The molecule has 12 aromatic rings. The molecule has 0 saturated carbocycles. The summed E-state index contributed by atoms with van der Waals surface area (Å²) in [6, 6.07) is 92.1. The minimum atomic E-state index is 1.10. The second kappa shape index (κ2) is 15.8. The topological polar surface area (TPSA) is 17.5 Å². The van der Waals surface area contributed by atoms with Crippen molar-refractivity contribution in [2.24, 2.45) is 0 Å². The average Bonchev–Trinajstić information content (AvgIpc) is 3.88. The molecular formula is C60H43N4+. The van der Waals surface area contributed by atoms with Crippen molar-refractivity contribution in [1.29, 1.82) is 0 Å². The van der Waals surface area contributed by atoms with E-state index < -0.39 is 0 Å². The first-order valence-electron chi connectivity index (χ1n) is 21.9. The van der Waals surface area contributed by atoms with Crippen LogP contribution in [0.4, 0.5) is 34.1 Å². The molecule has 1 unspecified atom stereocenters. The Morgan fingerprint density at radius 3 is 1.23 bits per heavy atom. The van der Waals surface area contributed by atoms with Crippen LogP contribution in [0.1, 0.15) is 0 Å². The number of nitrogens with one attached hydrogen (secondary N) is 1. The van der Waals surface area contributed by atoms with Crippen LogP contribution in [-0.2, 0) is 0 Å². The summed E-state index contributed by atoms with van der Waals surface area (Å²) in [6.07, 6.45) is 0. The summed E-state index contributed by atoms with van der Waals surface area (Å²) in [5.41, 5.74) is 16.3. The van der Waals surface area contributed by atoms with Crippen molar-refractivity contribution in [2.75, 3.05) is 4.90 Å². The summed E-state index contributed by atoms with van der Waals surface area (Å²) in [4.78, 5) is 3.57. The molecule has 2 heterocycles. The van der Waals surface area contributed by atoms with Gasteiger partial charge in [-0.3, -0.25) is 0 Å². The first-order valence-corrected chi connectivity index (χ1v) is 21.9. The van der Waals surface area contributed by atoms with Crippen LogP contribution >= 0.6 is 0 Å². The van der Waals surface area contributed by atoms with Crippen LogP contribution in [0.5, 0.6) is 0 Å². The number of aromatic nitrogens is 2. The Hall–Kier alpha value is -8.44. The fourth-order valence-corrected chi connectivity index (χ4v) is 9.70. The number of quaternary nitrogens is 1. The zero-order valence-corrected chi connectivity index (χ0v) is 35.1. The molecule has 0 amide bonds. The van der Waals surface area contributed by atoms with Gasteiger partial charge in [0.25, 0.3) is 0 Å². The van der Waals surface area contributed by atoms with Crippen LogP contribution in [0.25, 0.3) is 66.1 Å². The van der Waals surface area contributed by atoms with E-state index in [1.807, 2.05) is 0 Å². The number of para-hydroxylation sites is 6. The van der Waals surface area contributed by atoms with E-state index >= 15 is 0 Å². The fraction of sp³-hybridized carbons (Fsp3) is 0. The Morgan fingerprint density at radius 2 is 0.656 bits per heavy atom. The van der Waals surface area contributed by atoms with Gasteiger partial charge in [0.15, 0.2) is 0 Å². The molecule has 0 aliphatic rings. The first kappa shape index (κ1) is 37.3. The molecule has 10 aromatic carbocycles. The fourth-order valence-electron chi connectivity index (χ4n) is 9.70. The monoisotopic (exact) mass is 819 g/mol. The van der Waals surface area contributed by atoms with Gasteiger partial charge in [-0.15, -0.1) is 0 Å². The second-order valence-electron chi connectivity index (χ2n) is 16.3. The highest BCUT2D eigenvalue weighted by molar-refractivity contribution is 6.11. The van der Waals surface area contributed by atoms with E-state index in [0.29, 0.717) is 0 Å². The maximum atomic E-state index is 2.38. The molecule has 2 aromatic heterocycles. The third-order valence-electron chi connectivity index (χ3n) is 12.6. The van der Waals surface area contributed by atoms with Crippen molar-refractivity contribution in [2.45, 2.75) is 0 Å². The van der Waals surface area contributed by atoms with Crippen molar-refractivity contribution in [3.05, 3.63) is 255 Å². The normalized spacial score (nSPS) is 12.0. The Balaban J connectivity index is 0.902. The number of fused-ring (bicyclic) bond motifs is 6. The highest BCUT2D eigenvalue weighted by Gasteiger charge is 2.22. The minimum absolute atomic E-state index is 1.10. The van der Waals surface area contributed by atoms with Gasteiger partial charge < -0.3 is 14.0 Å². The summed E-state index contributed by atoms with van der Waals surface area (Å²) in [5.74, 6) is 0. The lowest BCUT2D eigenvalue weighted by atomic mass is 10.0. The van der Waals surface area contributed by atoms with E-state index in [1.165, 1.54) is 76.7 Å². The lowest BCUT2D eigenvalue weighted by Gasteiger charge is -2.26. The molecule has 0 saturated heterocycles. The van der Waals surface area contributed by atoms with Crippen LogP contribution < -0.4 is 9.80 Å². The quantitative estimate of drug-likeness (QED) is 0.154. The SMILES string of the molecule is c1ccc(N(c2ccc(-c3ccc([NH+](c4ccccc4)c4ccc5c(c4)c4ccccc4n5-c4ccccc4)cc3)cc2)c2ccc3c(c2)c2ccccc2n3-c2ccccc2)cc1. The molecule has 0 spiro atoms. The standard InChI is InChI=1S/C60H42N4/c1-5-17-45(18-6-1)61(51-37-39-59-55(41-51)53-25-13-15-27-57(53)63(59)47-21-9-3-10-22-47)49-33-29-43(30-34-49)44-31-35-50(36-32-44)62(46-19-7-2-8-20-46)52-38-40-60-56(42-52)54-26-14-16-28-58(54)64(60)48-23-11-4-12-24-48/h1-42H/p+1. The van der Waals surface area contributed by atoms with Gasteiger partial charge >= 0.3 is 0 Å². The van der Waals surface area contributed by atoms with E-state index in [1.54, 1.807) is 0 Å². The minimum Gasteiger partial charge on any atom is -0.310 e. The highest BCUT2D eigenvalue weighted by atomic mass is 15.1. The molecular weight excluding hydrogens is 777 g/mol. The van der Waals surface area contributed by atoms with Crippen molar-refractivity contribution in [3.8, 4) is 22.5 Å². The number of rotatable bonds is 9. The van der Waals surface area contributed by atoms with Crippen LogP contribution in [0, 0.1) is 0 Å². The molecule has 0 radical (unpaired) electrons. The van der Waals surface area contributed by atoms with Crippen molar-refractivity contribution in [3.63, 3.8) is 0 Å². The van der Waals surface area contributed by atoms with Gasteiger partial charge in [0.1, 0.15) is 17.1 Å². The molecule has 0 bridgehead atoms. The molecule has 302 valence electrons. The summed E-state index contributed by atoms with van der Waals surface area (Å²) in [6.45, 7) is 0. The van der Waals surface area contributed by atoms with Gasteiger partial charge in [-0.25, -0.2) is 4.90 Å². The maximum absolute atomic E-state index is 2.38. The van der Waals surface area contributed by atoms with Crippen molar-refractivity contribution >= 4 is 77.7 Å². The number of hydrogen-bond donors (Lipinski definition) is 1. The van der Waals surface area contributed by atoms with Gasteiger partial charge in [0, 0.05) is 74.2 Å². The Bertz CT molecular complexity index is 3330. The lowest BCUT2D eigenvalue weighted by Crippen LogP contribution is -2.96. The van der Waals surface area contributed by atoms with Crippen LogP contribution in [0.3, 0.4) is 0 Å². The molecule has 0 aliphatic heterocycles. The molecule has 4 heteroatoms. The van der Waals surface area contributed by atoms with Gasteiger partial charge in [-0.05, 0) is 120 Å². The first-order chi connectivity index (χ1) is 31.8. The van der Waals surface area contributed by atoms with Crippen LogP contribution in [-0.4, -0.2) is 9.13 Å². The van der Waals surface area contributed by atoms with E-state index in [9.17, 15) is 0 Å². The zero-order valence-electron chi connectivity index (χ0n) is 35.1. The van der Waals surface area contributed by atoms with E-state index in [4.69, 9.17) is 0 Å². The molecule has 0 fully saturated rings. The summed E-state index contributed by atoms with van der Waals surface area (Å²) < 4.78 is 4.74. The molecule has 1 atom stereocenters. The summed E-state index contributed by atoms with van der Waals surface area (Å²) >= 11 is 0. The Morgan fingerprint density at radius 1 is 0.266 bits per heavy atom. The van der Waals surface area contributed by atoms with Gasteiger partial charge in [0.05, 0.1) is 22.1 Å². The van der Waals surface area contributed by atoms with E-state index in [2.05, 4.69) is 269 Å². The summed E-state index contributed by atoms with van der Waals surface area (Å²) in [7, 11) is 0. The van der Waals surface area contributed by atoms with Gasteiger partial charge in [-0.1, -0.05) is 121 Å². The number of anilines is 3. The number of nitrogens with zero attached hydrogens (tertiary/aromatic N) is 3. The van der Waals surface area contributed by atoms with E-state index in [-0.39, 0.29) is 0 Å². The number of hydrogen-bond acceptors (Lipinski definition) is 1. The van der Waals surface area contributed by atoms with Gasteiger partial charge in [-0.2, -0.15) is 0 Å². The smallest absolute Gasteiger partial charge is 0.142 e. The second-order valence-corrected chi connectivity index (χ2v) is 16.3. The third-order valence-corrected chi connectivity index (χ3v) is 12.6. The van der Waals surface area contributed by atoms with Crippen LogP contribution in [0.2, 0.25) is 0 Å². The van der Waals surface area contributed by atoms with E-state index in [0.717, 1.165) is 28.4 Å². The van der Waals surface area contributed by atoms with Gasteiger partial charge in [0.2, 0.25) is 0 Å². The largest absolute Gasteiger partial charge is 0.310 e. The summed E-state index contributed by atoms with van der Waals surface area (Å²) in [5, 5.41) is 4.95. The Kier molecular flexibility index (Phi) is 9.21. The molecule has 64 heavy (non-hydrogen) atoms. The average molecular weight is 820 g/mol. The lowest BCUT2D eigenvalue weighted by molar-refractivity contribution is -0.681. The van der Waals surface area contributed by atoms with Crippen molar-refractivity contribution < 1.29 is 4.90 Å². The molecule has 4 nitrogen and oxygen atoms in total.